The van der Waals surface area contributed by atoms with Gasteiger partial charge in [0.05, 0.1) is 26.4 Å². The molecule has 0 aliphatic carbocycles. The van der Waals surface area contributed by atoms with E-state index in [0.717, 1.165) is 32.1 Å². The highest BCUT2D eigenvalue weighted by atomic mass is 31.2. The van der Waals surface area contributed by atoms with Gasteiger partial charge in [-0.1, -0.05) is 271 Å². The molecule has 3 N–H and O–H groups in total. The Hall–Kier alpha value is -0.540. The van der Waals surface area contributed by atoms with Crippen LogP contribution >= 0.6 is 7.82 Å². The van der Waals surface area contributed by atoms with Crippen LogP contribution in [0.3, 0.4) is 0 Å². The minimum atomic E-state index is -4.52. The molecule has 0 aromatic heterocycles. The highest BCUT2D eigenvalue weighted by Gasteiger charge is 2.26. The molecule has 0 radical (unpaired) electrons. The average Bonchev–Trinajstić information content (AvgIpc) is 3.28. The molecule has 0 amide bonds. The summed E-state index contributed by atoms with van der Waals surface area (Å²) < 4.78 is 33.6. The lowest BCUT2D eigenvalue weighted by atomic mass is 10.0. The molecule has 378 valence electrons. The van der Waals surface area contributed by atoms with Gasteiger partial charge in [-0.25, -0.2) is 4.57 Å². The number of hydrogen-bond acceptors (Lipinski definition) is 8. The molecule has 9 nitrogen and oxygen atoms in total. The molecule has 0 aliphatic rings. The SMILES string of the molecule is CCCCCCCCCCCCCCCCCCCCCCCCC(=O)OC(COCCCCCCCCCCCCCCCCCCCCCC)COP(=O)(O)OCC(O)CO. The second-order valence-corrected chi connectivity index (χ2v) is 20.4. The van der Waals surface area contributed by atoms with Crippen molar-refractivity contribution in [2.24, 2.45) is 0 Å². The fraction of sp³-hybridized carbons (Fsp3) is 0.981. The first-order chi connectivity index (χ1) is 30.8. The predicted octanol–water partition coefficient (Wildman–Crippen LogP) is 16.2. The van der Waals surface area contributed by atoms with Crippen molar-refractivity contribution in [1.29, 1.82) is 0 Å². The van der Waals surface area contributed by atoms with Crippen LogP contribution in [0, 0.1) is 0 Å². The number of hydrogen-bond donors (Lipinski definition) is 3. The van der Waals surface area contributed by atoms with Gasteiger partial charge >= 0.3 is 13.8 Å². The summed E-state index contributed by atoms with van der Waals surface area (Å²) in [7, 11) is -4.52. The highest BCUT2D eigenvalue weighted by Crippen LogP contribution is 2.43. The number of carbonyl (C=O) groups is 1. The maximum Gasteiger partial charge on any atom is 0.472 e. The van der Waals surface area contributed by atoms with E-state index in [1.807, 2.05) is 0 Å². The number of carbonyl (C=O) groups excluding carboxylic acids is 1. The first-order valence-electron chi connectivity index (χ1n) is 27.5. The number of unbranched alkanes of at least 4 members (excludes halogenated alkanes) is 40. The quantitative estimate of drug-likeness (QED) is 0.0310. The smallest absolute Gasteiger partial charge is 0.457 e. The molecule has 10 heteroatoms. The Morgan fingerprint density at radius 3 is 1.03 bits per heavy atom. The van der Waals surface area contributed by atoms with Crippen LogP contribution < -0.4 is 0 Å². The summed E-state index contributed by atoms with van der Waals surface area (Å²) in [6, 6.07) is 0. The normalized spacial score (nSPS) is 13.7. The Balaban J connectivity index is 3.97. The number of phosphoric acid groups is 1. The number of aliphatic hydroxyl groups excluding tert-OH is 2. The Bertz CT molecular complexity index is 953. The van der Waals surface area contributed by atoms with Crippen LogP contribution in [0.5, 0.6) is 0 Å². The topological polar surface area (TPSA) is 132 Å². The summed E-state index contributed by atoms with van der Waals surface area (Å²) >= 11 is 0. The van der Waals surface area contributed by atoms with Gasteiger partial charge in [-0.15, -0.1) is 0 Å². The van der Waals surface area contributed by atoms with E-state index < -0.39 is 33.2 Å². The van der Waals surface area contributed by atoms with Gasteiger partial charge in [0, 0.05) is 13.0 Å². The summed E-state index contributed by atoms with van der Waals surface area (Å²) in [5.41, 5.74) is 0. The lowest BCUT2D eigenvalue weighted by molar-refractivity contribution is -0.154. The standard InChI is InChI=1S/C53H107O9P/c1-3-5-7-9-11-13-15-17-19-21-23-25-26-27-29-31-33-35-37-39-41-43-45-53(56)62-52(50-61-63(57,58)60-48-51(55)47-54)49-59-46-44-42-40-38-36-34-32-30-28-24-22-20-18-16-14-12-10-8-6-4-2/h51-52,54-55H,3-50H2,1-2H3,(H,57,58). The molecule has 0 saturated carbocycles. The van der Waals surface area contributed by atoms with Gasteiger partial charge in [-0.3, -0.25) is 13.8 Å². The number of rotatable bonds is 54. The molecular formula is C53H107O9P. The van der Waals surface area contributed by atoms with E-state index in [2.05, 4.69) is 13.8 Å². The Morgan fingerprint density at radius 1 is 0.429 bits per heavy atom. The van der Waals surface area contributed by atoms with Gasteiger partial charge in [0.25, 0.3) is 0 Å². The zero-order valence-corrected chi connectivity index (χ0v) is 42.7. The Kier molecular flexibility index (Phi) is 50.4. The summed E-state index contributed by atoms with van der Waals surface area (Å²) in [6.45, 7) is 3.62. The second kappa shape index (κ2) is 50.9. The molecule has 0 bridgehead atoms. The van der Waals surface area contributed by atoms with E-state index in [1.54, 1.807) is 0 Å². The van der Waals surface area contributed by atoms with Crippen LogP contribution in [0.15, 0.2) is 0 Å². The second-order valence-electron chi connectivity index (χ2n) is 19.0. The number of phosphoric ester groups is 1. The third-order valence-corrected chi connectivity index (χ3v) is 13.5. The number of aliphatic hydroxyl groups is 2. The molecule has 0 aromatic carbocycles. The molecular weight excluding hydrogens is 812 g/mol. The minimum absolute atomic E-state index is 0.0590. The van der Waals surface area contributed by atoms with Gasteiger partial charge in [-0.2, -0.15) is 0 Å². The predicted molar refractivity (Wildman–Crippen MR) is 265 cm³/mol. The summed E-state index contributed by atoms with van der Waals surface area (Å²) in [5, 5.41) is 18.4. The van der Waals surface area contributed by atoms with Crippen molar-refractivity contribution in [3.8, 4) is 0 Å². The van der Waals surface area contributed by atoms with Crippen LogP contribution in [0.1, 0.15) is 290 Å². The van der Waals surface area contributed by atoms with E-state index in [4.69, 9.17) is 23.6 Å². The Labute approximate surface area is 390 Å². The fourth-order valence-corrected chi connectivity index (χ4v) is 9.15. The summed E-state index contributed by atoms with van der Waals surface area (Å²) in [6.07, 6.45) is 53.6. The third kappa shape index (κ3) is 50.7. The van der Waals surface area contributed by atoms with Crippen molar-refractivity contribution in [2.75, 3.05) is 33.0 Å². The molecule has 0 heterocycles. The molecule has 3 atom stereocenters. The molecule has 0 saturated heterocycles. The highest BCUT2D eigenvalue weighted by molar-refractivity contribution is 7.47. The van der Waals surface area contributed by atoms with Gasteiger partial charge in [0.15, 0.2) is 0 Å². The van der Waals surface area contributed by atoms with Crippen molar-refractivity contribution in [2.45, 2.75) is 302 Å². The monoisotopic (exact) mass is 919 g/mol. The first-order valence-corrected chi connectivity index (χ1v) is 29.0. The summed E-state index contributed by atoms with van der Waals surface area (Å²) in [4.78, 5) is 22.7. The summed E-state index contributed by atoms with van der Waals surface area (Å²) in [5.74, 6) is -0.372. The largest absolute Gasteiger partial charge is 0.472 e. The van der Waals surface area contributed by atoms with Crippen LogP contribution in [0.4, 0.5) is 0 Å². The van der Waals surface area contributed by atoms with E-state index in [9.17, 15) is 19.4 Å². The molecule has 0 spiro atoms. The van der Waals surface area contributed by atoms with Crippen LogP contribution in [-0.2, 0) is 27.9 Å². The fourth-order valence-electron chi connectivity index (χ4n) is 8.36. The molecule has 0 aliphatic heterocycles. The van der Waals surface area contributed by atoms with Gasteiger partial charge in [0.2, 0.25) is 0 Å². The van der Waals surface area contributed by atoms with E-state index in [-0.39, 0.29) is 25.6 Å². The van der Waals surface area contributed by atoms with Crippen LogP contribution in [0.25, 0.3) is 0 Å². The lowest BCUT2D eigenvalue weighted by Crippen LogP contribution is -2.29. The maximum absolute atomic E-state index is 12.7. The molecule has 0 rings (SSSR count). The maximum atomic E-state index is 12.7. The zero-order valence-electron chi connectivity index (χ0n) is 41.8. The zero-order chi connectivity index (χ0) is 46.0. The Morgan fingerprint density at radius 2 is 0.714 bits per heavy atom. The number of ether oxygens (including phenoxy) is 2. The minimum Gasteiger partial charge on any atom is -0.457 e. The first kappa shape index (κ1) is 62.5. The van der Waals surface area contributed by atoms with Crippen molar-refractivity contribution < 1.29 is 43.0 Å². The van der Waals surface area contributed by atoms with Crippen molar-refractivity contribution in [3.63, 3.8) is 0 Å². The van der Waals surface area contributed by atoms with Gasteiger partial charge in [0.1, 0.15) is 12.2 Å². The third-order valence-electron chi connectivity index (χ3n) is 12.5. The average molecular weight is 919 g/mol. The van der Waals surface area contributed by atoms with Crippen molar-refractivity contribution in [1.82, 2.24) is 0 Å². The van der Waals surface area contributed by atoms with Gasteiger partial charge < -0.3 is 24.6 Å². The van der Waals surface area contributed by atoms with Crippen molar-refractivity contribution in [3.05, 3.63) is 0 Å². The van der Waals surface area contributed by atoms with E-state index in [1.165, 1.54) is 238 Å². The molecule has 3 unspecified atom stereocenters. The van der Waals surface area contributed by atoms with Gasteiger partial charge in [-0.05, 0) is 12.8 Å². The molecule has 63 heavy (non-hydrogen) atoms. The molecule has 0 aromatic rings. The van der Waals surface area contributed by atoms with Crippen molar-refractivity contribution >= 4 is 13.8 Å². The van der Waals surface area contributed by atoms with Crippen LogP contribution in [-0.4, -0.2) is 66.3 Å². The van der Waals surface area contributed by atoms with E-state index >= 15 is 0 Å². The lowest BCUT2D eigenvalue weighted by Gasteiger charge is -2.20. The number of esters is 1. The van der Waals surface area contributed by atoms with E-state index in [0.29, 0.717) is 6.61 Å². The molecule has 0 fully saturated rings. The van der Waals surface area contributed by atoms with Crippen LogP contribution in [0.2, 0.25) is 0 Å².